The predicted octanol–water partition coefficient (Wildman–Crippen LogP) is 2.40. The molecule has 5 nitrogen and oxygen atoms in total. The van der Waals surface area contributed by atoms with Crippen LogP contribution in [-0.2, 0) is 23.0 Å². The Morgan fingerprint density at radius 2 is 1.88 bits per heavy atom. The molecule has 0 amide bonds. The fourth-order valence-electron chi connectivity index (χ4n) is 3.64. The van der Waals surface area contributed by atoms with Crippen molar-refractivity contribution in [2.75, 3.05) is 13.1 Å². The van der Waals surface area contributed by atoms with Gasteiger partial charge in [0.2, 0.25) is 10.0 Å². The zero-order chi connectivity index (χ0) is 17.4. The summed E-state index contributed by atoms with van der Waals surface area (Å²) < 4.78 is 28.0. The number of carbonyl (C=O) groups is 1. The first-order valence-electron chi connectivity index (χ1n) is 8.49. The van der Waals surface area contributed by atoms with Gasteiger partial charge < -0.3 is 5.32 Å². The molecule has 0 spiro atoms. The third-order valence-corrected chi connectivity index (χ3v) is 6.46. The van der Waals surface area contributed by atoms with Crippen molar-refractivity contribution in [2.24, 2.45) is 0 Å². The topological polar surface area (TPSA) is 75.3 Å². The summed E-state index contributed by atoms with van der Waals surface area (Å²) >= 11 is 0. The number of nitrogens with one attached hydrogen (secondary N) is 2. The number of benzene rings is 2. The SMILES string of the molecule is Cl.O=C1CCc2ccc(S(=O)(=O)NCC3CNCc4ccccc43)cc21. The van der Waals surface area contributed by atoms with Crippen LogP contribution in [0.5, 0.6) is 0 Å². The number of hydrogen-bond acceptors (Lipinski definition) is 4. The molecule has 4 rings (SSSR count). The summed E-state index contributed by atoms with van der Waals surface area (Å²) in [4.78, 5) is 12.0. The highest BCUT2D eigenvalue weighted by molar-refractivity contribution is 7.89. The predicted molar refractivity (Wildman–Crippen MR) is 102 cm³/mol. The molecule has 26 heavy (non-hydrogen) atoms. The molecule has 0 fully saturated rings. The maximum Gasteiger partial charge on any atom is 0.240 e. The maximum atomic E-state index is 12.7. The molecule has 138 valence electrons. The van der Waals surface area contributed by atoms with Gasteiger partial charge in [-0.15, -0.1) is 12.4 Å². The summed E-state index contributed by atoms with van der Waals surface area (Å²) in [5.74, 6) is 0.119. The van der Waals surface area contributed by atoms with Crippen LogP contribution in [0.15, 0.2) is 47.4 Å². The second-order valence-corrected chi connectivity index (χ2v) is 8.39. The van der Waals surface area contributed by atoms with Crippen LogP contribution in [0.4, 0.5) is 0 Å². The van der Waals surface area contributed by atoms with Gasteiger partial charge in [-0.1, -0.05) is 30.3 Å². The molecule has 1 unspecified atom stereocenters. The Morgan fingerprint density at radius 3 is 2.73 bits per heavy atom. The van der Waals surface area contributed by atoms with E-state index in [0.717, 1.165) is 18.7 Å². The molecule has 1 heterocycles. The number of carbonyl (C=O) groups excluding carboxylic acids is 1. The van der Waals surface area contributed by atoms with E-state index in [2.05, 4.69) is 22.2 Å². The van der Waals surface area contributed by atoms with Crippen LogP contribution in [0, 0.1) is 0 Å². The minimum absolute atomic E-state index is 0. The van der Waals surface area contributed by atoms with Crippen molar-refractivity contribution >= 4 is 28.2 Å². The van der Waals surface area contributed by atoms with Crippen molar-refractivity contribution in [1.82, 2.24) is 10.0 Å². The normalized spacial score (nSPS) is 18.8. The summed E-state index contributed by atoms with van der Waals surface area (Å²) in [6.07, 6.45) is 1.17. The van der Waals surface area contributed by atoms with Crippen molar-refractivity contribution in [1.29, 1.82) is 0 Å². The number of rotatable bonds is 4. The van der Waals surface area contributed by atoms with Gasteiger partial charge in [0.25, 0.3) is 0 Å². The second kappa shape index (κ2) is 7.48. The van der Waals surface area contributed by atoms with Gasteiger partial charge in [0.05, 0.1) is 4.90 Å². The van der Waals surface area contributed by atoms with Crippen LogP contribution in [-0.4, -0.2) is 27.3 Å². The van der Waals surface area contributed by atoms with Crippen LogP contribution >= 0.6 is 12.4 Å². The highest BCUT2D eigenvalue weighted by Crippen LogP contribution is 2.26. The lowest BCUT2D eigenvalue weighted by atomic mass is 9.91. The Hall–Kier alpha value is -1.73. The average molecular weight is 393 g/mol. The molecular weight excluding hydrogens is 372 g/mol. The highest BCUT2D eigenvalue weighted by atomic mass is 35.5. The van der Waals surface area contributed by atoms with E-state index in [1.165, 1.54) is 17.2 Å². The van der Waals surface area contributed by atoms with E-state index >= 15 is 0 Å². The molecule has 1 aliphatic heterocycles. The summed E-state index contributed by atoms with van der Waals surface area (Å²) in [5, 5.41) is 3.33. The lowest BCUT2D eigenvalue weighted by molar-refractivity contribution is 0.0994. The van der Waals surface area contributed by atoms with E-state index in [9.17, 15) is 13.2 Å². The minimum Gasteiger partial charge on any atom is -0.312 e. The van der Waals surface area contributed by atoms with Crippen molar-refractivity contribution in [3.8, 4) is 0 Å². The van der Waals surface area contributed by atoms with Gasteiger partial charge >= 0.3 is 0 Å². The van der Waals surface area contributed by atoms with Crippen LogP contribution < -0.4 is 10.0 Å². The van der Waals surface area contributed by atoms with Crippen molar-refractivity contribution in [2.45, 2.75) is 30.2 Å². The molecule has 2 aromatic carbocycles. The average Bonchev–Trinajstić information content (AvgIpc) is 3.00. The largest absolute Gasteiger partial charge is 0.312 e. The van der Waals surface area contributed by atoms with Crippen LogP contribution in [0.25, 0.3) is 0 Å². The Kier molecular flexibility index (Phi) is 5.48. The number of aryl methyl sites for hydroxylation is 1. The fourth-order valence-corrected chi connectivity index (χ4v) is 4.75. The fraction of sp³-hybridized carbons (Fsp3) is 0.316. The van der Waals surface area contributed by atoms with E-state index in [1.54, 1.807) is 12.1 Å². The molecule has 0 radical (unpaired) electrons. The third kappa shape index (κ3) is 3.55. The first-order valence-corrected chi connectivity index (χ1v) is 9.97. The number of Topliss-reactive ketones (excluding diaryl/α,β-unsaturated/α-hetero) is 1. The van der Waals surface area contributed by atoms with E-state index in [0.29, 0.717) is 24.9 Å². The third-order valence-electron chi connectivity index (χ3n) is 5.03. The summed E-state index contributed by atoms with van der Waals surface area (Å²) in [6, 6.07) is 13.0. The molecule has 1 atom stereocenters. The monoisotopic (exact) mass is 392 g/mol. The Balaban J connectivity index is 0.00000196. The molecule has 0 saturated carbocycles. The lowest BCUT2D eigenvalue weighted by Crippen LogP contribution is -2.36. The van der Waals surface area contributed by atoms with Crippen molar-refractivity contribution < 1.29 is 13.2 Å². The number of hydrogen-bond donors (Lipinski definition) is 2. The maximum absolute atomic E-state index is 12.7. The molecule has 0 aromatic heterocycles. The Morgan fingerprint density at radius 1 is 1.08 bits per heavy atom. The van der Waals surface area contributed by atoms with Crippen molar-refractivity contribution in [3.63, 3.8) is 0 Å². The molecule has 7 heteroatoms. The molecule has 0 bridgehead atoms. The molecule has 2 N–H and O–H groups in total. The van der Waals surface area contributed by atoms with E-state index in [-0.39, 0.29) is 29.0 Å². The Bertz CT molecular complexity index is 944. The van der Waals surface area contributed by atoms with Gasteiger partial charge in [-0.2, -0.15) is 0 Å². The highest BCUT2D eigenvalue weighted by Gasteiger charge is 2.25. The standard InChI is InChI=1S/C19H20N2O3S.ClH/c22-19-8-6-13-5-7-16(9-18(13)19)25(23,24)21-12-15-11-20-10-14-3-1-2-4-17(14)15;/h1-5,7,9,15,20-21H,6,8,10-12H2;1H. The van der Waals surface area contributed by atoms with Crippen LogP contribution in [0.1, 0.15) is 39.4 Å². The molecule has 2 aliphatic rings. The number of sulfonamides is 1. The summed E-state index contributed by atoms with van der Waals surface area (Å²) in [6.45, 7) is 1.88. The molecular formula is C19H21ClN2O3S. The van der Waals surface area contributed by atoms with Gasteiger partial charge in [-0.25, -0.2) is 13.1 Å². The first-order chi connectivity index (χ1) is 12.0. The second-order valence-electron chi connectivity index (χ2n) is 6.62. The zero-order valence-corrected chi connectivity index (χ0v) is 15.8. The van der Waals surface area contributed by atoms with Crippen LogP contribution in [0.2, 0.25) is 0 Å². The molecule has 2 aromatic rings. The van der Waals surface area contributed by atoms with E-state index < -0.39 is 10.0 Å². The lowest BCUT2D eigenvalue weighted by Gasteiger charge is -2.26. The van der Waals surface area contributed by atoms with Crippen LogP contribution in [0.3, 0.4) is 0 Å². The molecule has 1 aliphatic carbocycles. The van der Waals surface area contributed by atoms with Gasteiger partial charge in [0.1, 0.15) is 0 Å². The first kappa shape index (κ1) is 19.0. The van der Waals surface area contributed by atoms with Gasteiger partial charge in [0.15, 0.2) is 5.78 Å². The van der Waals surface area contributed by atoms with Gasteiger partial charge in [0, 0.05) is 37.5 Å². The number of fused-ring (bicyclic) bond motifs is 2. The van der Waals surface area contributed by atoms with E-state index in [4.69, 9.17) is 0 Å². The quantitative estimate of drug-likeness (QED) is 0.837. The minimum atomic E-state index is -3.64. The van der Waals surface area contributed by atoms with Gasteiger partial charge in [-0.05, 0) is 35.2 Å². The summed E-state index contributed by atoms with van der Waals surface area (Å²) in [7, 11) is -3.64. The number of halogens is 1. The summed E-state index contributed by atoms with van der Waals surface area (Å²) in [5.41, 5.74) is 3.89. The van der Waals surface area contributed by atoms with Gasteiger partial charge in [-0.3, -0.25) is 4.79 Å². The van der Waals surface area contributed by atoms with E-state index in [1.807, 2.05) is 12.1 Å². The smallest absolute Gasteiger partial charge is 0.240 e. The van der Waals surface area contributed by atoms with Crippen molar-refractivity contribution in [3.05, 3.63) is 64.7 Å². The zero-order valence-electron chi connectivity index (χ0n) is 14.2. The molecule has 0 saturated heterocycles. The Labute approximate surface area is 159 Å². The number of ketones is 1.